The fourth-order valence-electron chi connectivity index (χ4n) is 7.85. The number of aliphatic hydroxyl groups excluding tert-OH is 3. The van der Waals surface area contributed by atoms with E-state index >= 15 is 0 Å². The maximum absolute atomic E-state index is 12.8. The first-order valence-electron chi connectivity index (χ1n) is 26.0. The van der Waals surface area contributed by atoms with Crippen molar-refractivity contribution in [2.24, 2.45) is 0 Å². The molecule has 372 valence electrons. The molecule has 0 spiro atoms. The molecule has 0 bridgehead atoms. The predicted octanol–water partition coefficient (Wildman–Crippen LogP) is 12.3. The lowest BCUT2D eigenvalue weighted by Crippen LogP contribution is -2.60. The molecule has 1 heterocycles. The van der Waals surface area contributed by atoms with Crippen molar-refractivity contribution in [3.05, 3.63) is 36.5 Å². The number of carboxylic acids is 1. The summed E-state index contributed by atoms with van der Waals surface area (Å²) in [6.45, 7) is 3.81. The molecule has 1 aliphatic rings. The number of aliphatic carboxylic acids is 1. The summed E-state index contributed by atoms with van der Waals surface area (Å²) < 4.78 is 21.8. The summed E-state index contributed by atoms with van der Waals surface area (Å²) in [5, 5.41) is 39.9. The maximum Gasteiger partial charge on any atom is 0.335 e. The molecule has 1 fully saturated rings. The lowest BCUT2D eigenvalue weighted by atomic mass is 9.99. The van der Waals surface area contributed by atoms with E-state index in [0.29, 0.717) is 12.8 Å². The Bertz CT molecular complexity index is 1200. The van der Waals surface area contributed by atoms with Crippen LogP contribution < -0.4 is 0 Å². The van der Waals surface area contributed by atoms with Gasteiger partial charge in [0, 0.05) is 12.8 Å². The second-order valence-electron chi connectivity index (χ2n) is 18.0. The number of ether oxygens (including phenoxy) is 4. The second kappa shape index (κ2) is 43.0. The highest BCUT2D eigenvalue weighted by atomic mass is 16.7. The van der Waals surface area contributed by atoms with Crippen molar-refractivity contribution in [2.45, 2.75) is 269 Å². The van der Waals surface area contributed by atoms with Gasteiger partial charge in [0.05, 0.1) is 6.61 Å². The third kappa shape index (κ3) is 33.8. The van der Waals surface area contributed by atoms with Crippen LogP contribution in [0.4, 0.5) is 0 Å². The first-order chi connectivity index (χ1) is 31.2. The Labute approximate surface area is 389 Å². The van der Waals surface area contributed by atoms with Gasteiger partial charge in [-0.15, -0.1) is 0 Å². The van der Waals surface area contributed by atoms with E-state index in [2.05, 4.69) is 50.3 Å². The van der Waals surface area contributed by atoms with E-state index in [9.17, 15) is 34.8 Å². The molecule has 0 aromatic carbocycles. The van der Waals surface area contributed by atoms with Crippen LogP contribution in [0.3, 0.4) is 0 Å². The van der Waals surface area contributed by atoms with Gasteiger partial charge in [0.1, 0.15) is 24.9 Å². The van der Waals surface area contributed by atoms with Crippen molar-refractivity contribution in [1.82, 2.24) is 0 Å². The Balaban J connectivity index is 2.30. The lowest BCUT2D eigenvalue weighted by Gasteiger charge is -2.38. The van der Waals surface area contributed by atoms with Gasteiger partial charge in [-0.2, -0.15) is 0 Å². The van der Waals surface area contributed by atoms with Crippen LogP contribution in [-0.4, -0.2) is 88.4 Å². The van der Waals surface area contributed by atoms with Gasteiger partial charge in [0.25, 0.3) is 0 Å². The molecule has 1 saturated heterocycles. The molecular formula is C53H94O11. The van der Waals surface area contributed by atoms with Crippen LogP contribution >= 0.6 is 0 Å². The molecule has 0 aromatic heterocycles. The molecule has 0 aromatic rings. The van der Waals surface area contributed by atoms with Gasteiger partial charge in [0.2, 0.25) is 0 Å². The van der Waals surface area contributed by atoms with E-state index in [0.717, 1.165) is 51.4 Å². The van der Waals surface area contributed by atoms with Crippen molar-refractivity contribution in [3.63, 3.8) is 0 Å². The van der Waals surface area contributed by atoms with Crippen LogP contribution in [0, 0.1) is 0 Å². The van der Waals surface area contributed by atoms with E-state index in [4.69, 9.17) is 18.9 Å². The summed E-state index contributed by atoms with van der Waals surface area (Å²) in [5.74, 6) is -2.45. The third-order valence-electron chi connectivity index (χ3n) is 12.0. The lowest BCUT2D eigenvalue weighted by molar-refractivity contribution is -0.298. The van der Waals surface area contributed by atoms with Gasteiger partial charge in [-0.3, -0.25) is 9.59 Å². The molecule has 64 heavy (non-hydrogen) atoms. The van der Waals surface area contributed by atoms with Gasteiger partial charge in [-0.1, -0.05) is 185 Å². The summed E-state index contributed by atoms with van der Waals surface area (Å²) in [7, 11) is 0. The number of rotatable bonds is 44. The minimum absolute atomic E-state index is 0.180. The number of allylic oxidation sites excluding steroid dienone is 6. The van der Waals surface area contributed by atoms with E-state index < -0.39 is 61.3 Å². The van der Waals surface area contributed by atoms with Gasteiger partial charge in [-0.25, -0.2) is 4.79 Å². The Morgan fingerprint density at radius 3 is 1.34 bits per heavy atom. The van der Waals surface area contributed by atoms with Crippen LogP contribution in [0.15, 0.2) is 36.5 Å². The summed E-state index contributed by atoms with van der Waals surface area (Å²) in [6, 6.07) is 0. The van der Waals surface area contributed by atoms with Crippen LogP contribution in [0.5, 0.6) is 0 Å². The number of hydrogen-bond acceptors (Lipinski definition) is 10. The largest absolute Gasteiger partial charge is 0.479 e. The topological polar surface area (TPSA) is 169 Å². The molecule has 6 unspecified atom stereocenters. The molecule has 0 saturated carbocycles. The highest BCUT2D eigenvalue weighted by Crippen LogP contribution is 2.23. The zero-order chi connectivity index (χ0) is 46.7. The van der Waals surface area contributed by atoms with Crippen molar-refractivity contribution in [3.8, 4) is 0 Å². The third-order valence-corrected chi connectivity index (χ3v) is 12.0. The van der Waals surface area contributed by atoms with Crippen molar-refractivity contribution in [2.75, 3.05) is 13.2 Å². The average molecular weight is 907 g/mol. The molecule has 0 amide bonds. The zero-order valence-corrected chi connectivity index (χ0v) is 40.5. The number of carbonyl (C=O) groups excluding carboxylic acids is 2. The summed E-state index contributed by atoms with van der Waals surface area (Å²) in [4.78, 5) is 37.0. The monoisotopic (exact) mass is 907 g/mol. The summed E-state index contributed by atoms with van der Waals surface area (Å²) in [5.41, 5.74) is 0. The van der Waals surface area contributed by atoms with Crippen LogP contribution in [0.25, 0.3) is 0 Å². The molecular weight excluding hydrogens is 813 g/mol. The van der Waals surface area contributed by atoms with E-state index in [-0.39, 0.29) is 19.4 Å². The predicted molar refractivity (Wildman–Crippen MR) is 257 cm³/mol. The fraction of sp³-hybridized carbons (Fsp3) is 0.830. The number of unbranched alkanes of at least 4 members (excludes halogenated alkanes) is 27. The second-order valence-corrected chi connectivity index (χ2v) is 18.0. The van der Waals surface area contributed by atoms with Gasteiger partial charge < -0.3 is 39.4 Å². The molecule has 4 N–H and O–H groups in total. The Kier molecular flexibility index (Phi) is 40.0. The van der Waals surface area contributed by atoms with Crippen LogP contribution in [0.2, 0.25) is 0 Å². The van der Waals surface area contributed by atoms with Crippen LogP contribution in [-0.2, 0) is 33.3 Å². The number of carboxylic acid groups (broad SMARTS) is 1. The smallest absolute Gasteiger partial charge is 0.335 e. The standard InChI is InChI=1S/C53H94O11/c1-3-5-7-9-11-13-15-17-19-21-22-23-24-26-28-30-32-34-36-38-40-42-47(55)63-45(44-62-53-50(58)48(56)49(57)51(64-53)52(59)60)43-61-46(54)41-39-37-35-33-31-29-27-25-20-18-16-14-12-10-8-6-4-2/h12,14,18,20-22,45,48-51,53,56-58H,3-11,13,15-17,19,23-44H2,1-2H3,(H,59,60)/b14-12-,20-18-,22-21-. The summed E-state index contributed by atoms with van der Waals surface area (Å²) in [6.07, 6.45) is 41.9. The molecule has 0 radical (unpaired) electrons. The van der Waals surface area contributed by atoms with E-state index in [1.54, 1.807) is 0 Å². The molecule has 6 atom stereocenters. The Morgan fingerprint density at radius 1 is 0.484 bits per heavy atom. The molecule has 1 aliphatic heterocycles. The highest BCUT2D eigenvalue weighted by Gasteiger charge is 2.47. The minimum atomic E-state index is -1.86. The molecule has 0 aliphatic carbocycles. The first-order valence-corrected chi connectivity index (χ1v) is 26.0. The van der Waals surface area contributed by atoms with E-state index in [1.807, 2.05) is 0 Å². The average Bonchev–Trinajstić information content (AvgIpc) is 3.28. The van der Waals surface area contributed by atoms with E-state index in [1.165, 1.54) is 141 Å². The number of hydrogen-bond donors (Lipinski definition) is 4. The zero-order valence-electron chi connectivity index (χ0n) is 40.5. The summed E-state index contributed by atoms with van der Waals surface area (Å²) >= 11 is 0. The van der Waals surface area contributed by atoms with Gasteiger partial charge >= 0.3 is 17.9 Å². The highest BCUT2D eigenvalue weighted by molar-refractivity contribution is 5.73. The van der Waals surface area contributed by atoms with Crippen molar-refractivity contribution >= 4 is 17.9 Å². The number of aliphatic hydroxyl groups is 3. The van der Waals surface area contributed by atoms with Crippen molar-refractivity contribution in [1.29, 1.82) is 0 Å². The normalized spacial score (nSPS) is 19.5. The molecule has 11 nitrogen and oxygen atoms in total. The van der Waals surface area contributed by atoms with Gasteiger partial charge in [-0.05, 0) is 70.6 Å². The Morgan fingerprint density at radius 2 is 0.875 bits per heavy atom. The van der Waals surface area contributed by atoms with Crippen LogP contribution in [0.1, 0.15) is 232 Å². The fourth-order valence-corrected chi connectivity index (χ4v) is 7.85. The number of esters is 2. The Hall–Kier alpha value is -2.57. The SMILES string of the molecule is CCCCC/C=C\C/C=C\CCCCCCCCCC(=O)OCC(COC1OC(C(=O)O)C(O)C(O)C1O)OC(=O)CCCCCCCCCCC/C=C\CCCCCCCCCC. The first kappa shape index (κ1) is 59.4. The van der Waals surface area contributed by atoms with Gasteiger partial charge in [0.15, 0.2) is 18.5 Å². The minimum Gasteiger partial charge on any atom is -0.479 e. The molecule has 1 rings (SSSR count). The number of carbonyl (C=O) groups is 3. The van der Waals surface area contributed by atoms with Crippen molar-refractivity contribution < 1.29 is 53.8 Å². The maximum atomic E-state index is 12.8. The quantitative estimate of drug-likeness (QED) is 0.0261. The molecule has 11 heteroatoms.